The Kier molecular flexibility index (Phi) is 2.35. The van der Waals surface area contributed by atoms with Crippen molar-refractivity contribution >= 4 is 5.82 Å². The molecule has 6 nitrogen and oxygen atoms in total. The highest BCUT2D eigenvalue weighted by molar-refractivity contribution is 5.29. The maximum atomic E-state index is 4.21. The van der Waals surface area contributed by atoms with Crippen molar-refractivity contribution < 1.29 is 0 Å². The summed E-state index contributed by atoms with van der Waals surface area (Å²) in [6.45, 7) is 0.594. The minimum Gasteiger partial charge on any atom is -0.372 e. The molecule has 0 saturated heterocycles. The van der Waals surface area contributed by atoms with Crippen molar-refractivity contribution in [3.05, 3.63) is 30.7 Å². The Morgan fingerprint density at radius 1 is 1.36 bits per heavy atom. The van der Waals surface area contributed by atoms with Gasteiger partial charge in [-0.2, -0.15) is 5.10 Å². The number of rotatable bonds is 3. The van der Waals surface area contributed by atoms with Crippen LogP contribution in [0, 0.1) is 0 Å². The first-order valence-electron chi connectivity index (χ1n) is 4.19. The van der Waals surface area contributed by atoms with E-state index >= 15 is 0 Å². The van der Waals surface area contributed by atoms with E-state index < -0.39 is 0 Å². The number of nitrogens with zero attached hydrogens (tertiary/aromatic N) is 5. The Morgan fingerprint density at radius 3 is 2.86 bits per heavy atom. The number of anilines is 1. The quantitative estimate of drug-likeness (QED) is 0.746. The first kappa shape index (κ1) is 8.61. The summed E-state index contributed by atoms with van der Waals surface area (Å²) in [5.41, 5.74) is 0.856. The molecule has 2 rings (SSSR count). The summed E-state index contributed by atoms with van der Waals surface area (Å²) in [5.74, 6) is 0.757. The molecule has 0 aliphatic heterocycles. The van der Waals surface area contributed by atoms with Crippen molar-refractivity contribution in [2.45, 2.75) is 6.54 Å². The minimum absolute atomic E-state index is 0.594. The maximum Gasteiger partial charge on any atom is 0.144 e. The molecule has 0 radical (unpaired) electrons. The van der Waals surface area contributed by atoms with Gasteiger partial charge in [-0.15, -0.1) is 0 Å². The molecule has 2 aromatic rings. The van der Waals surface area contributed by atoms with Crippen LogP contribution in [0.5, 0.6) is 0 Å². The van der Waals surface area contributed by atoms with Crippen molar-refractivity contribution in [1.29, 1.82) is 0 Å². The molecule has 0 aromatic carbocycles. The lowest BCUT2D eigenvalue weighted by Crippen LogP contribution is -2.03. The van der Waals surface area contributed by atoms with E-state index in [9.17, 15) is 0 Å². The van der Waals surface area contributed by atoms with E-state index in [2.05, 4.69) is 25.4 Å². The lowest BCUT2D eigenvalue weighted by Gasteiger charge is -2.01. The minimum atomic E-state index is 0.594. The fourth-order valence-corrected chi connectivity index (χ4v) is 1.05. The average molecular weight is 190 g/mol. The Bertz CT molecular complexity index is 379. The molecule has 0 aliphatic rings. The van der Waals surface area contributed by atoms with Crippen molar-refractivity contribution in [2.24, 2.45) is 0 Å². The van der Waals surface area contributed by atoms with Crippen LogP contribution in [0.2, 0.25) is 0 Å². The monoisotopic (exact) mass is 190 g/mol. The summed E-state index contributed by atoms with van der Waals surface area (Å²) in [4.78, 5) is 12.2. The molecule has 0 fully saturated rings. The summed E-state index contributed by atoms with van der Waals surface area (Å²) >= 11 is 0. The van der Waals surface area contributed by atoms with Crippen LogP contribution in [0.1, 0.15) is 5.69 Å². The van der Waals surface area contributed by atoms with Gasteiger partial charge in [-0.25, -0.2) is 14.6 Å². The highest BCUT2D eigenvalue weighted by Crippen LogP contribution is 2.00. The highest BCUT2D eigenvalue weighted by atomic mass is 15.3. The third-order valence-electron chi connectivity index (χ3n) is 1.75. The Morgan fingerprint density at radius 2 is 2.29 bits per heavy atom. The molecule has 1 N–H and O–H groups in total. The fourth-order valence-electron chi connectivity index (χ4n) is 1.05. The van der Waals surface area contributed by atoms with E-state index in [4.69, 9.17) is 0 Å². The first-order valence-corrected chi connectivity index (χ1v) is 4.19. The third-order valence-corrected chi connectivity index (χ3v) is 1.75. The van der Waals surface area contributed by atoms with Gasteiger partial charge in [0.15, 0.2) is 0 Å². The van der Waals surface area contributed by atoms with Gasteiger partial charge in [-0.1, -0.05) is 0 Å². The maximum absolute atomic E-state index is 4.21. The predicted molar refractivity (Wildman–Crippen MR) is 50.7 cm³/mol. The Hall–Kier alpha value is -1.98. The molecule has 0 amide bonds. The van der Waals surface area contributed by atoms with Crippen molar-refractivity contribution in [1.82, 2.24) is 24.7 Å². The molecule has 2 aromatic heterocycles. The van der Waals surface area contributed by atoms with E-state index in [0.717, 1.165) is 11.5 Å². The summed E-state index contributed by atoms with van der Waals surface area (Å²) in [6, 6.07) is 0. The van der Waals surface area contributed by atoms with Crippen LogP contribution < -0.4 is 5.32 Å². The third kappa shape index (κ3) is 1.85. The van der Waals surface area contributed by atoms with Crippen molar-refractivity contribution in [2.75, 3.05) is 12.4 Å². The van der Waals surface area contributed by atoms with Crippen LogP contribution in [0.3, 0.4) is 0 Å². The van der Waals surface area contributed by atoms with Crippen LogP contribution in [0.4, 0.5) is 5.82 Å². The smallest absolute Gasteiger partial charge is 0.144 e. The van der Waals surface area contributed by atoms with Crippen molar-refractivity contribution in [3.8, 4) is 0 Å². The molecular formula is C8H10N6. The van der Waals surface area contributed by atoms with Crippen molar-refractivity contribution in [3.63, 3.8) is 0 Å². The summed E-state index contributed by atoms with van der Waals surface area (Å²) < 4.78 is 1.70. The molecular weight excluding hydrogens is 180 g/mol. The molecule has 0 bridgehead atoms. The summed E-state index contributed by atoms with van der Waals surface area (Å²) in [7, 11) is 1.81. The lowest BCUT2D eigenvalue weighted by molar-refractivity contribution is 0.668. The zero-order valence-corrected chi connectivity index (χ0v) is 7.75. The SMILES string of the molecule is CNc1cnc(Cn2cncn2)cn1. The zero-order chi connectivity index (χ0) is 9.80. The lowest BCUT2D eigenvalue weighted by atomic mass is 10.4. The van der Waals surface area contributed by atoms with E-state index in [-0.39, 0.29) is 0 Å². The van der Waals surface area contributed by atoms with Gasteiger partial charge < -0.3 is 5.32 Å². The largest absolute Gasteiger partial charge is 0.372 e. The molecule has 0 atom stereocenters. The van der Waals surface area contributed by atoms with Gasteiger partial charge in [0.2, 0.25) is 0 Å². The summed E-state index contributed by atoms with van der Waals surface area (Å²) in [5, 5.41) is 6.88. The molecule has 0 aliphatic carbocycles. The molecule has 0 spiro atoms. The summed E-state index contributed by atoms with van der Waals surface area (Å²) in [6.07, 6.45) is 6.54. The van der Waals surface area contributed by atoms with Crippen LogP contribution >= 0.6 is 0 Å². The van der Waals surface area contributed by atoms with Crippen LogP contribution in [-0.4, -0.2) is 31.8 Å². The van der Waals surface area contributed by atoms with E-state index in [1.54, 1.807) is 30.5 Å². The van der Waals surface area contributed by atoms with Crippen LogP contribution in [0.25, 0.3) is 0 Å². The Labute approximate surface area is 81.0 Å². The molecule has 2 heterocycles. The number of hydrogen-bond donors (Lipinski definition) is 1. The van der Waals surface area contributed by atoms with E-state index in [1.165, 1.54) is 6.33 Å². The second-order valence-electron chi connectivity index (χ2n) is 2.74. The highest BCUT2D eigenvalue weighted by Gasteiger charge is 1.97. The molecule has 6 heteroatoms. The average Bonchev–Trinajstić information content (AvgIpc) is 2.72. The first-order chi connectivity index (χ1) is 6.88. The van der Waals surface area contributed by atoms with Gasteiger partial charge in [-0.05, 0) is 0 Å². The van der Waals surface area contributed by atoms with Gasteiger partial charge in [0.05, 0.1) is 24.6 Å². The zero-order valence-electron chi connectivity index (χ0n) is 7.75. The Balaban J connectivity index is 2.10. The fraction of sp³-hybridized carbons (Fsp3) is 0.250. The number of nitrogens with one attached hydrogen (secondary N) is 1. The second kappa shape index (κ2) is 3.82. The molecule has 0 unspecified atom stereocenters. The van der Waals surface area contributed by atoms with E-state index in [0.29, 0.717) is 6.54 Å². The van der Waals surface area contributed by atoms with Gasteiger partial charge in [0.1, 0.15) is 18.5 Å². The van der Waals surface area contributed by atoms with Gasteiger partial charge in [-0.3, -0.25) is 4.98 Å². The standard InChI is InChI=1S/C8H10N6/c1-9-8-3-11-7(2-12-8)4-14-6-10-5-13-14/h2-3,5-6H,4H2,1H3,(H,9,12). The topological polar surface area (TPSA) is 68.5 Å². The molecule has 14 heavy (non-hydrogen) atoms. The van der Waals surface area contributed by atoms with Gasteiger partial charge >= 0.3 is 0 Å². The predicted octanol–water partition coefficient (Wildman–Crippen LogP) is 0.158. The van der Waals surface area contributed by atoms with Gasteiger partial charge in [0, 0.05) is 7.05 Å². The second-order valence-corrected chi connectivity index (χ2v) is 2.74. The van der Waals surface area contributed by atoms with E-state index in [1.807, 2.05) is 0 Å². The molecule has 72 valence electrons. The normalized spacial score (nSPS) is 10.1. The van der Waals surface area contributed by atoms with Crippen LogP contribution in [-0.2, 0) is 6.54 Å². The van der Waals surface area contributed by atoms with Crippen LogP contribution in [0.15, 0.2) is 25.0 Å². The van der Waals surface area contributed by atoms with Gasteiger partial charge in [0.25, 0.3) is 0 Å². The number of aromatic nitrogens is 5. The molecule has 0 saturated carbocycles. The number of hydrogen-bond acceptors (Lipinski definition) is 5.